The highest BCUT2D eigenvalue weighted by molar-refractivity contribution is 5.75. The van der Waals surface area contributed by atoms with E-state index in [-0.39, 0.29) is 5.78 Å². The fourth-order valence-corrected chi connectivity index (χ4v) is 3.11. The van der Waals surface area contributed by atoms with Crippen molar-refractivity contribution in [2.45, 2.75) is 56.7 Å². The molecule has 20 heavy (non-hydrogen) atoms. The minimum Gasteiger partial charge on any atom is -0.390 e. The average molecular weight is 285 g/mol. The Kier molecular flexibility index (Phi) is 5.18. The molecule has 0 radical (unpaired) electrons. The van der Waals surface area contributed by atoms with Crippen LogP contribution < -0.4 is 0 Å². The predicted molar refractivity (Wildman–Crippen MR) is 75.5 cm³/mol. The maximum absolute atomic E-state index is 11.0. The molecule has 0 aliphatic carbocycles. The van der Waals surface area contributed by atoms with Crippen LogP contribution in [0.5, 0.6) is 0 Å². The smallest absolute Gasteiger partial charge is 0.129 e. The molecule has 0 bridgehead atoms. The van der Waals surface area contributed by atoms with E-state index in [2.05, 4.69) is 4.90 Å². The lowest BCUT2D eigenvalue weighted by atomic mass is 9.85. The topological polar surface area (TPSA) is 70.0 Å². The van der Waals surface area contributed by atoms with Gasteiger partial charge < -0.3 is 24.6 Å². The summed E-state index contributed by atoms with van der Waals surface area (Å²) in [5.41, 5.74) is -1.33. The van der Waals surface area contributed by atoms with E-state index in [1.165, 1.54) is 0 Å². The highest BCUT2D eigenvalue weighted by atomic mass is 16.5. The molecular weight excluding hydrogens is 258 g/mol. The van der Waals surface area contributed by atoms with Gasteiger partial charge in [0.1, 0.15) is 5.78 Å². The number of carbonyl (C=O) groups is 1. The zero-order chi connectivity index (χ0) is 14.6. The molecule has 2 saturated heterocycles. The number of β-amino-alcohol motifs (C(OH)–C–C–N with tert-alkyl or cyclic N) is 1. The Balaban J connectivity index is 1.77. The fourth-order valence-electron chi connectivity index (χ4n) is 3.11. The van der Waals surface area contributed by atoms with Crippen molar-refractivity contribution in [3.05, 3.63) is 0 Å². The molecule has 0 unspecified atom stereocenters. The van der Waals surface area contributed by atoms with Gasteiger partial charge in [0.25, 0.3) is 0 Å². The Labute approximate surface area is 120 Å². The van der Waals surface area contributed by atoms with Gasteiger partial charge in [-0.2, -0.15) is 0 Å². The first-order valence-corrected chi connectivity index (χ1v) is 7.65. The maximum atomic E-state index is 11.0. The van der Waals surface area contributed by atoms with Crippen LogP contribution in [0, 0.1) is 0 Å². The van der Waals surface area contributed by atoms with Crippen molar-refractivity contribution in [2.24, 2.45) is 0 Å². The number of ether oxygens (including phenoxy) is 1. The van der Waals surface area contributed by atoms with E-state index in [1.54, 1.807) is 6.92 Å². The number of rotatable bonds is 5. The Morgan fingerprint density at radius 2 is 1.70 bits per heavy atom. The third-order valence-electron chi connectivity index (χ3n) is 4.67. The third kappa shape index (κ3) is 4.52. The van der Waals surface area contributed by atoms with Crippen molar-refractivity contribution in [2.75, 3.05) is 32.8 Å². The van der Waals surface area contributed by atoms with Gasteiger partial charge in [-0.25, -0.2) is 0 Å². The summed E-state index contributed by atoms with van der Waals surface area (Å²) in [6.45, 7) is 5.08. The zero-order valence-corrected chi connectivity index (χ0v) is 12.4. The first-order chi connectivity index (χ1) is 9.41. The van der Waals surface area contributed by atoms with Crippen molar-refractivity contribution in [1.82, 2.24) is 4.90 Å². The van der Waals surface area contributed by atoms with Gasteiger partial charge in [0.05, 0.1) is 11.2 Å². The van der Waals surface area contributed by atoms with Crippen LogP contribution in [0.25, 0.3) is 0 Å². The molecule has 0 aromatic rings. The molecular formula is C15H27NO4. The molecule has 0 aromatic heterocycles. The van der Waals surface area contributed by atoms with E-state index in [0.29, 0.717) is 58.3 Å². The minimum atomic E-state index is -0.694. The summed E-state index contributed by atoms with van der Waals surface area (Å²) in [4.78, 5) is 13.3. The number of carbonyl (C=O) groups excluding carboxylic acids is 1. The molecule has 0 atom stereocenters. The Morgan fingerprint density at radius 3 is 2.25 bits per heavy atom. The van der Waals surface area contributed by atoms with Crippen LogP contribution >= 0.6 is 0 Å². The van der Waals surface area contributed by atoms with Gasteiger partial charge in [-0.15, -0.1) is 0 Å². The van der Waals surface area contributed by atoms with Crippen LogP contribution in [0.3, 0.4) is 0 Å². The molecule has 2 aliphatic heterocycles. The van der Waals surface area contributed by atoms with Crippen LogP contribution in [0.15, 0.2) is 0 Å². The zero-order valence-electron chi connectivity index (χ0n) is 12.4. The summed E-state index contributed by atoms with van der Waals surface area (Å²) in [5.74, 6) is 0.136. The number of hydrogen-bond donors (Lipinski definition) is 2. The molecule has 2 rings (SSSR count). The number of hydrogen-bond acceptors (Lipinski definition) is 5. The number of piperidine rings is 1. The summed E-state index contributed by atoms with van der Waals surface area (Å²) in [7, 11) is 0. The van der Waals surface area contributed by atoms with Crippen LogP contribution in [0.1, 0.15) is 45.4 Å². The summed E-state index contributed by atoms with van der Waals surface area (Å²) in [6, 6.07) is 0. The Bertz CT molecular complexity index is 331. The number of aliphatic hydroxyl groups is 2. The number of ketones is 1. The lowest BCUT2D eigenvalue weighted by Gasteiger charge is -2.42. The molecule has 5 heteroatoms. The Hall–Kier alpha value is -0.490. The van der Waals surface area contributed by atoms with Crippen LogP contribution in [0.4, 0.5) is 0 Å². The number of Topliss-reactive ketones (excluding diaryl/α,β-unsaturated/α-hetero) is 1. The predicted octanol–water partition coefficient (Wildman–Crippen LogP) is 0.724. The number of likely N-dealkylation sites (tertiary alicyclic amines) is 1. The van der Waals surface area contributed by atoms with Gasteiger partial charge >= 0.3 is 0 Å². The number of nitrogens with zero attached hydrogens (tertiary/aromatic N) is 1. The van der Waals surface area contributed by atoms with Gasteiger partial charge in [0.2, 0.25) is 0 Å². The van der Waals surface area contributed by atoms with Crippen molar-refractivity contribution >= 4 is 5.78 Å². The third-order valence-corrected chi connectivity index (χ3v) is 4.67. The molecule has 0 saturated carbocycles. The van der Waals surface area contributed by atoms with E-state index < -0.39 is 11.2 Å². The standard InChI is InChI=1S/C15H27NO4/c1-13(17)2-3-14(18)4-8-16(9-5-14)12-15(19)6-10-20-11-7-15/h18-19H,2-12H2,1H3. The van der Waals surface area contributed by atoms with Gasteiger partial charge in [-0.1, -0.05) is 0 Å². The van der Waals surface area contributed by atoms with Crippen LogP contribution in [0.2, 0.25) is 0 Å². The SMILES string of the molecule is CC(=O)CCC1(O)CCN(CC2(O)CCOCC2)CC1. The molecule has 0 amide bonds. The van der Waals surface area contributed by atoms with Gasteiger partial charge in [0, 0.05) is 52.1 Å². The van der Waals surface area contributed by atoms with E-state index in [4.69, 9.17) is 4.74 Å². The second-order valence-electron chi connectivity index (χ2n) is 6.54. The normalized spacial score (nSPS) is 26.4. The molecule has 116 valence electrons. The largest absolute Gasteiger partial charge is 0.390 e. The maximum Gasteiger partial charge on any atom is 0.129 e. The van der Waals surface area contributed by atoms with Gasteiger partial charge in [-0.05, 0) is 26.2 Å². The van der Waals surface area contributed by atoms with Gasteiger partial charge in [0.15, 0.2) is 0 Å². The average Bonchev–Trinajstić information content (AvgIpc) is 2.40. The minimum absolute atomic E-state index is 0.136. The van der Waals surface area contributed by atoms with E-state index in [9.17, 15) is 15.0 Å². The first-order valence-electron chi connectivity index (χ1n) is 7.65. The lowest BCUT2D eigenvalue weighted by Crippen LogP contribution is -2.52. The summed E-state index contributed by atoms with van der Waals surface area (Å²) < 4.78 is 5.29. The highest BCUT2D eigenvalue weighted by Crippen LogP contribution is 2.29. The molecule has 2 fully saturated rings. The molecule has 2 aliphatic rings. The quantitative estimate of drug-likeness (QED) is 0.779. The molecule has 5 nitrogen and oxygen atoms in total. The van der Waals surface area contributed by atoms with Crippen molar-refractivity contribution in [1.29, 1.82) is 0 Å². The highest BCUT2D eigenvalue weighted by Gasteiger charge is 2.36. The van der Waals surface area contributed by atoms with Crippen molar-refractivity contribution in [3.63, 3.8) is 0 Å². The van der Waals surface area contributed by atoms with Crippen LogP contribution in [-0.2, 0) is 9.53 Å². The van der Waals surface area contributed by atoms with Crippen molar-refractivity contribution < 1.29 is 19.7 Å². The van der Waals surface area contributed by atoms with E-state index >= 15 is 0 Å². The van der Waals surface area contributed by atoms with Crippen LogP contribution in [-0.4, -0.2) is 64.9 Å². The van der Waals surface area contributed by atoms with E-state index in [1.807, 2.05) is 0 Å². The van der Waals surface area contributed by atoms with Gasteiger partial charge in [-0.3, -0.25) is 0 Å². The molecule has 2 heterocycles. The molecule has 2 N–H and O–H groups in total. The van der Waals surface area contributed by atoms with Crippen molar-refractivity contribution in [3.8, 4) is 0 Å². The summed E-state index contributed by atoms with van der Waals surface area (Å²) in [5, 5.41) is 20.9. The summed E-state index contributed by atoms with van der Waals surface area (Å²) in [6.07, 6.45) is 3.78. The second kappa shape index (κ2) is 6.52. The fraction of sp³-hybridized carbons (Fsp3) is 0.933. The second-order valence-corrected chi connectivity index (χ2v) is 6.54. The Morgan fingerprint density at radius 1 is 1.10 bits per heavy atom. The molecule has 0 aromatic carbocycles. The monoisotopic (exact) mass is 285 g/mol. The summed E-state index contributed by atoms with van der Waals surface area (Å²) >= 11 is 0. The van der Waals surface area contributed by atoms with E-state index in [0.717, 1.165) is 13.1 Å². The first kappa shape index (κ1) is 15.9. The molecule has 0 spiro atoms. The lowest BCUT2D eigenvalue weighted by molar-refractivity contribution is -0.119.